The summed E-state index contributed by atoms with van der Waals surface area (Å²) >= 11 is 0. The number of ether oxygens (including phenoxy) is 1. The van der Waals surface area contributed by atoms with Crippen molar-refractivity contribution in [3.05, 3.63) is 12.0 Å². The summed E-state index contributed by atoms with van der Waals surface area (Å²) < 4.78 is 6.79. The van der Waals surface area contributed by atoms with Crippen molar-refractivity contribution in [3.63, 3.8) is 0 Å². The Bertz CT molecular complexity index is 408. The number of anilines is 1. The lowest BCUT2D eigenvalue weighted by molar-refractivity contribution is 0.0521. The van der Waals surface area contributed by atoms with E-state index >= 15 is 0 Å². The molecule has 1 aliphatic rings. The Morgan fingerprint density at radius 1 is 1.50 bits per heavy atom. The summed E-state index contributed by atoms with van der Waals surface area (Å²) in [6.45, 7) is 2.97. The molecule has 100 valence electrons. The van der Waals surface area contributed by atoms with Crippen LogP contribution in [0.2, 0.25) is 0 Å². The molecule has 1 aromatic heterocycles. The maximum Gasteiger partial charge on any atom is 0.360 e. The van der Waals surface area contributed by atoms with Gasteiger partial charge < -0.3 is 15.0 Å². The van der Waals surface area contributed by atoms with Crippen LogP contribution in [0.3, 0.4) is 0 Å². The van der Waals surface area contributed by atoms with Gasteiger partial charge in [-0.15, -0.1) is 0 Å². The molecular weight excluding hydrogens is 230 g/mol. The van der Waals surface area contributed by atoms with Gasteiger partial charge in [0.2, 0.25) is 0 Å². The average molecular weight is 251 g/mol. The number of nitrogens with zero attached hydrogens (tertiary/aromatic N) is 2. The fraction of sp³-hybridized carbons (Fsp3) is 0.692. The number of esters is 1. The average Bonchev–Trinajstić information content (AvgIpc) is 2.73. The van der Waals surface area contributed by atoms with Crippen molar-refractivity contribution in [2.24, 2.45) is 5.92 Å². The van der Waals surface area contributed by atoms with Gasteiger partial charge in [-0.1, -0.05) is 19.3 Å². The number of hydrogen-bond donors (Lipinski definition) is 1. The van der Waals surface area contributed by atoms with Crippen molar-refractivity contribution < 1.29 is 9.53 Å². The van der Waals surface area contributed by atoms with E-state index in [1.165, 1.54) is 32.1 Å². The zero-order chi connectivity index (χ0) is 13.0. The molecule has 1 saturated carbocycles. The van der Waals surface area contributed by atoms with Gasteiger partial charge >= 0.3 is 5.97 Å². The molecule has 1 heterocycles. The maximum atomic E-state index is 11.6. The van der Waals surface area contributed by atoms with E-state index in [1.54, 1.807) is 13.3 Å². The normalized spacial score (nSPS) is 16.7. The molecule has 1 aromatic rings. The molecule has 0 atom stereocenters. The van der Waals surface area contributed by atoms with E-state index in [4.69, 9.17) is 10.5 Å². The quantitative estimate of drug-likeness (QED) is 0.833. The summed E-state index contributed by atoms with van der Waals surface area (Å²) in [6.07, 6.45) is 8.06. The predicted molar refractivity (Wildman–Crippen MR) is 69.2 cm³/mol. The van der Waals surface area contributed by atoms with Crippen LogP contribution in [0.15, 0.2) is 6.33 Å². The number of carbonyl (C=O) groups excluding carboxylic acids is 1. The molecule has 0 amide bonds. The van der Waals surface area contributed by atoms with Gasteiger partial charge in [-0.2, -0.15) is 0 Å². The van der Waals surface area contributed by atoms with Gasteiger partial charge in [0.1, 0.15) is 5.82 Å². The summed E-state index contributed by atoms with van der Waals surface area (Å²) in [6, 6.07) is 0. The third kappa shape index (κ3) is 2.83. The zero-order valence-electron chi connectivity index (χ0n) is 10.9. The van der Waals surface area contributed by atoms with Crippen molar-refractivity contribution in [3.8, 4) is 0 Å². The van der Waals surface area contributed by atoms with Gasteiger partial charge in [0.15, 0.2) is 5.69 Å². The van der Waals surface area contributed by atoms with Gasteiger partial charge in [-0.05, 0) is 25.7 Å². The smallest absolute Gasteiger partial charge is 0.360 e. The Hall–Kier alpha value is -1.52. The molecule has 1 fully saturated rings. The van der Waals surface area contributed by atoms with Crippen LogP contribution < -0.4 is 5.73 Å². The van der Waals surface area contributed by atoms with E-state index in [0.29, 0.717) is 18.3 Å². The molecule has 0 spiro atoms. The number of nitrogen functional groups attached to an aromatic ring is 1. The van der Waals surface area contributed by atoms with Gasteiger partial charge in [0.05, 0.1) is 12.9 Å². The van der Waals surface area contributed by atoms with Crippen molar-refractivity contribution in [2.45, 2.75) is 45.6 Å². The van der Waals surface area contributed by atoms with Crippen molar-refractivity contribution in [2.75, 3.05) is 12.3 Å². The highest BCUT2D eigenvalue weighted by atomic mass is 16.5. The SMILES string of the molecule is CCOC(=O)c1ncn(CC2CCCCC2)c1N. The lowest BCUT2D eigenvalue weighted by atomic mass is 9.89. The highest BCUT2D eigenvalue weighted by Crippen LogP contribution is 2.26. The van der Waals surface area contributed by atoms with Crippen LogP contribution in [0.1, 0.15) is 49.5 Å². The van der Waals surface area contributed by atoms with E-state index in [-0.39, 0.29) is 5.69 Å². The number of nitrogens with two attached hydrogens (primary N) is 1. The van der Waals surface area contributed by atoms with E-state index < -0.39 is 5.97 Å². The minimum Gasteiger partial charge on any atom is -0.461 e. The second-order valence-corrected chi connectivity index (χ2v) is 4.86. The third-order valence-corrected chi connectivity index (χ3v) is 3.53. The molecule has 5 nitrogen and oxygen atoms in total. The number of hydrogen-bond acceptors (Lipinski definition) is 4. The van der Waals surface area contributed by atoms with Crippen LogP contribution >= 0.6 is 0 Å². The summed E-state index contributed by atoms with van der Waals surface area (Å²) in [5, 5.41) is 0. The summed E-state index contributed by atoms with van der Waals surface area (Å²) in [5.41, 5.74) is 6.19. The highest BCUT2D eigenvalue weighted by molar-refractivity contribution is 5.92. The van der Waals surface area contributed by atoms with Crippen LogP contribution in [-0.2, 0) is 11.3 Å². The number of carbonyl (C=O) groups is 1. The molecule has 5 heteroatoms. The second-order valence-electron chi connectivity index (χ2n) is 4.86. The van der Waals surface area contributed by atoms with Crippen molar-refractivity contribution in [1.82, 2.24) is 9.55 Å². The molecule has 1 aliphatic carbocycles. The lowest BCUT2D eigenvalue weighted by Gasteiger charge is -2.22. The van der Waals surface area contributed by atoms with Gasteiger partial charge in [-0.25, -0.2) is 9.78 Å². The van der Waals surface area contributed by atoms with E-state index in [9.17, 15) is 4.79 Å². The molecule has 0 saturated heterocycles. The largest absolute Gasteiger partial charge is 0.461 e. The fourth-order valence-electron chi connectivity index (χ4n) is 2.54. The van der Waals surface area contributed by atoms with Crippen molar-refractivity contribution >= 4 is 11.8 Å². The Morgan fingerprint density at radius 2 is 2.22 bits per heavy atom. The summed E-state index contributed by atoms with van der Waals surface area (Å²) in [4.78, 5) is 15.7. The Labute approximate surface area is 107 Å². The van der Waals surface area contributed by atoms with Crippen LogP contribution in [0.5, 0.6) is 0 Å². The Kier molecular flexibility index (Phi) is 4.23. The lowest BCUT2D eigenvalue weighted by Crippen LogP contribution is -2.16. The number of aromatic nitrogens is 2. The van der Waals surface area contributed by atoms with E-state index in [0.717, 1.165) is 6.54 Å². The zero-order valence-corrected chi connectivity index (χ0v) is 10.9. The fourth-order valence-corrected chi connectivity index (χ4v) is 2.54. The van der Waals surface area contributed by atoms with E-state index in [2.05, 4.69) is 4.98 Å². The molecule has 0 aromatic carbocycles. The molecule has 2 N–H and O–H groups in total. The van der Waals surface area contributed by atoms with Crippen LogP contribution in [-0.4, -0.2) is 22.1 Å². The Balaban J connectivity index is 2.03. The van der Waals surface area contributed by atoms with Crippen LogP contribution in [0.25, 0.3) is 0 Å². The van der Waals surface area contributed by atoms with Crippen LogP contribution in [0, 0.1) is 5.92 Å². The minimum absolute atomic E-state index is 0.243. The maximum absolute atomic E-state index is 11.6. The first-order valence-electron chi connectivity index (χ1n) is 6.70. The van der Waals surface area contributed by atoms with Gasteiger partial charge in [-0.3, -0.25) is 0 Å². The van der Waals surface area contributed by atoms with Crippen LogP contribution in [0.4, 0.5) is 5.82 Å². The second kappa shape index (κ2) is 5.89. The molecule has 0 radical (unpaired) electrons. The molecule has 0 bridgehead atoms. The molecular formula is C13H21N3O2. The Morgan fingerprint density at radius 3 is 2.89 bits per heavy atom. The molecule has 18 heavy (non-hydrogen) atoms. The van der Waals surface area contributed by atoms with Gasteiger partial charge in [0, 0.05) is 6.54 Å². The standard InChI is InChI=1S/C13H21N3O2/c1-2-18-13(17)11-12(14)16(9-15-11)8-10-6-4-3-5-7-10/h9-10H,2-8,14H2,1H3. The molecule has 0 unspecified atom stereocenters. The summed E-state index contributed by atoms with van der Waals surface area (Å²) in [7, 11) is 0. The topological polar surface area (TPSA) is 70.1 Å². The monoisotopic (exact) mass is 251 g/mol. The predicted octanol–water partition coefficient (Wildman–Crippen LogP) is 2.22. The first-order valence-corrected chi connectivity index (χ1v) is 6.70. The van der Waals surface area contributed by atoms with Crippen molar-refractivity contribution in [1.29, 1.82) is 0 Å². The van der Waals surface area contributed by atoms with Gasteiger partial charge in [0.25, 0.3) is 0 Å². The molecule has 2 rings (SSSR count). The summed E-state index contributed by atoms with van der Waals surface area (Å²) in [5.74, 6) is 0.654. The first kappa shape index (κ1) is 12.9. The first-order chi connectivity index (χ1) is 8.72. The molecule has 0 aliphatic heterocycles. The highest BCUT2D eigenvalue weighted by Gasteiger charge is 2.20. The number of imidazole rings is 1. The minimum atomic E-state index is -0.433. The third-order valence-electron chi connectivity index (χ3n) is 3.53. The number of rotatable bonds is 4. The van der Waals surface area contributed by atoms with E-state index in [1.807, 2.05) is 4.57 Å².